The topological polar surface area (TPSA) is 57.6 Å². The Balaban J connectivity index is 1.99. The first-order valence-electron chi connectivity index (χ1n) is 7.75. The lowest BCUT2D eigenvalue weighted by Gasteiger charge is -2.40. The van der Waals surface area contributed by atoms with Crippen molar-refractivity contribution in [2.75, 3.05) is 13.1 Å². The second-order valence-electron chi connectivity index (χ2n) is 6.22. The molecule has 1 heterocycles. The number of carboxylic acids is 1. The van der Waals surface area contributed by atoms with E-state index in [1.165, 1.54) is 0 Å². The molecule has 1 amide bonds. The van der Waals surface area contributed by atoms with E-state index in [0.717, 1.165) is 25.7 Å². The van der Waals surface area contributed by atoms with Gasteiger partial charge in [0.25, 0.3) is 0 Å². The molecule has 1 aliphatic heterocycles. The Kier molecular flexibility index (Phi) is 4.84. The molecule has 0 saturated carbocycles. The fourth-order valence-electron chi connectivity index (χ4n) is 3.53. The second kappa shape index (κ2) is 6.42. The van der Waals surface area contributed by atoms with Gasteiger partial charge in [-0.15, -0.1) is 0 Å². The van der Waals surface area contributed by atoms with Crippen LogP contribution in [0.2, 0.25) is 0 Å². The maximum absolute atomic E-state index is 12.4. The summed E-state index contributed by atoms with van der Waals surface area (Å²) in [5, 5.41) is 9.55. The third-order valence-corrected chi connectivity index (χ3v) is 4.66. The van der Waals surface area contributed by atoms with Gasteiger partial charge in [0.15, 0.2) is 0 Å². The van der Waals surface area contributed by atoms with E-state index >= 15 is 0 Å². The number of rotatable bonds is 5. The minimum atomic E-state index is -0.738. The highest BCUT2D eigenvalue weighted by molar-refractivity contribution is 5.80. The summed E-state index contributed by atoms with van der Waals surface area (Å²) >= 11 is 0. The van der Waals surface area contributed by atoms with Crippen LogP contribution in [0.25, 0.3) is 0 Å². The Bertz CT molecular complexity index is 401. The number of hydrogen-bond acceptors (Lipinski definition) is 2. The lowest BCUT2D eigenvalue weighted by molar-refractivity contribution is -0.155. The fourth-order valence-corrected chi connectivity index (χ4v) is 3.53. The van der Waals surface area contributed by atoms with Crippen LogP contribution in [0.3, 0.4) is 0 Å². The average Bonchev–Trinajstić information content (AvgIpc) is 2.92. The van der Waals surface area contributed by atoms with Gasteiger partial charge in [-0.3, -0.25) is 9.59 Å². The van der Waals surface area contributed by atoms with Crippen molar-refractivity contribution in [3.63, 3.8) is 0 Å². The Morgan fingerprint density at radius 3 is 2.85 bits per heavy atom. The first-order chi connectivity index (χ1) is 9.57. The molecule has 1 aliphatic carbocycles. The van der Waals surface area contributed by atoms with E-state index in [1.807, 2.05) is 6.92 Å². The van der Waals surface area contributed by atoms with Crippen molar-refractivity contribution < 1.29 is 14.7 Å². The first kappa shape index (κ1) is 15.1. The molecule has 112 valence electrons. The van der Waals surface area contributed by atoms with Crippen LogP contribution in [0.1, 0.15) is 51.9 Å². The summed E-state index contributed by atoms with van der Waals surface area (Å²) in [4.78, 5) is 25.8. The average molecular weight is 279 g/mol. The van der Waals surface area contributed by atoms with Gasteiger partial charge >= 0.3 is 5.97 Å². The number of amides is 1. The highest BCUT2D eigenvalue weighted by Crippen LogP contribution is 2.35. The van der Waals surface area contributed by atoms with Crippen LogP contribution in [-0.4, -0.2) is 35.0 Å². The highest BCUT2D eigenvalue weighted by atomic mass is 16.4. The van der Waals surface area contributed by atoms with Gasteiger partial charge in [0.1, 0.15) is 0 Å². The van der Waals surface area contributed by atoms with Crippen molar-refractivity contribution in [3.05, 3.63) is 12.2 Å². The maximum Gasteiger partial charge on any atom is 0.311 e. The zero-order valence-corrected chi connectivity index (χ0v) is 12.3. The van der Waals surface area contributed by atoms with Gasteiger partial charge in [0.05, 0.1) is 5.41 Å². The molecule has 1 fully saturated rings. The van der Waals surface area contributed by atoms with E-state index in [2.05, 4.69) is 12.2 Å². The van der Waals surface area contributed by atoms with Gasteiger partial charge in [-0.05, 0) is 38.0 Å². The monoisotopic (exact) mass is 279 g/mol. The number of nitrogens with zero attached hydrogens (tertiary/aromatic N) is 1. The minimum absolute atomic E-state index is 0.128. The van der Waals surface area contributed by atoms with Gasteiger partial charge < -0.3 is 10.0 Å². The van der Waals surface area contributed by atoms with Gasteiger partial charge in [-0.1, -0.05) is 25.5 Å². The smallest absolute Gasteiger partial charge is 0.311 e. The van der Waals surface area contributed by atoms with Crippen LogP contribution < -0.4 is 0 Å². The predicted octanol–water partition coefficient (Wildman–Crippen LogP) is 2.84. The number of carbonyl (C=O) groups excluding carboxylic acids is 1. The molecule has 4 heteroatoms. The number of piperidine rings is 1. The molecule has 0 aromatic carbocycles. The molecule has 20 heavy (non-hydrogen) atoms. The van der Waals surface area contributed by atoms with E-state index in [4.69, 9.17) is 0 Å². The summed E-state index contributed by atoms with van der Waals surface area (Å²) in [6.07, 6.45) is 9.92. The van der Waals surface area contributed by atoms with Crippen molar-refractivity contribution in [3.8, 4) is 0 Å². The second-order valence-corrected chi connectivity index (χ2v) is 6.22. The number of carbonyl (C=O) groups is 2. The molecular weight excluding hydrogens is 254 g/mol. The number of likely N-dealkylation sites (tertiary alicyclic amines) is 1. The Morgan fingerprint density at radius 1 is 1.45 bits per heavy atom. The van der Waals surface area contributed by atoms with Gasteiger partial charge in [0, 0.05) is 19.5 Å². The van der Waals surface area contributed by atoms with Crippen LogP contribution in [-0.2, 0) is 9.59 Å². The number of allylic oxidation sites excluding steroid dienone is 2. The molecule has 4 nitrogen and oxygen atoms in total. The molecule has 2 rings (SSSR count). The van der Waals surface area contributed by atoms with Crippen molar-refractivity contribution in [1.29, 1.82) is 0 Å². The van der Waals surface area contributed by atoms with Crippen molar-refractivity contribution in [2.45, 2.75) is 51.9 Å². The van der Waals surface area contributed by atoms with Crippen LogP contribution in [0.5, 0.6) is 0 Å². The van der Waals surface area contributed by atoms with Crippen molar-refractivity contribution in [1.82, 2.24) is 4.90 Å². The molecule has 2 atom stereocenters. The molecule has 0 aromatic heterocycles. The van der Waals surface area contributed by atoms with E-state index < -0.39 is 11.4 Å². The molecular formula is C16H25NO3. The molecule has 0 radical (unpaired) electrons. The highest BCUT2D eigenvalue weighted by Gasteiger charge is 2.42. The van der Waals surface area contributed by atoms with Crippen LogP contribution in [0, 0.1) is 11.3 Å². The van der Waals surface area contributed by atoms with Crippen molar-refractivity contribution in [2.24, 2.45) is 11.3 Å². The summed E-state index contributed by atoms with van der Waals surface area (Å²) in [7, 11) is 0. The first-order valence-corrected chi connectivity index (χ1v) is 7.75. The van der Waals surface area contributed by atoms with Gasteiger partial charge in [-0.2, -0.15) is 0 Å². The molecule has 2 aliphatic rings. The minimum Gasteiger partial charge on any atom is -0.481 e. The van der Waals surface area contributed by atoms with E-state index in [1.54, 1.807) is 4.90 Å². The Morgan fingerprint density at radius 2 is 2.25 bits per heavy atom. The number of hydrogen-bond donors (Lipinski definition) is 1. The maximum atomic E-state index is 12.4. The van der Waals surface area contributed by atoms with E-state index in [-0.39, 0.29) is 5.91 Å². The summed E-state index contributed by atoms with van der Waals surface area (Å²) in [5.74, 6) is -0.254. The summed E-state index contributed by atoms with van der Waals surface area (Å²) in [6.45, 7) is 3.12. The van der Waals surface area contributed by atoms with Gasteiger partial charge in [-0.25, -0.2) is 0 Å². The Hall–Kier alpha value is -1.32. The standard InChI is InChI=1S/C16H25NO3/c1-2-8-16(15(19)20)9-5-10-17(12-16)14(18)11-13-6-3-4-7-13/h3,6,13H,2,4-5,7-12H2,1H3,(H,19,20). The summed E-state index contributed by atoms with van der Waals surface area (Å²) < 4.78 is 0. The lowest BCUT2D eigenvalue weighted by atomic mass is 9.76. The third-order valence-electron chi connectivity index (χ3n) is 4.66. The number of aliphatic carboxylic acids is 1. The van der Waals surface area contributed by atoms with Crippen LogP contribution in [0.4, 0.5) is 0 Å². The van der Waals surface area contributed by atoms with Crippen LogP contribution in [0.15, 0.2) is 12.2 Å². The van der Waals surface area contributed by atoms with E-state index in [0.29, 0.717) is 38.3 Å². The summed E-state index contributed by atoms with van der Waals surface area (Å²) in [5.41, 5.74) is -0.714. The SMILES string of the molecule is CCCC1(C(=O)O)CCCN(C(=O)CC2C=CCC2)C1. The zero-order valence-electron chi connectivity index (χ0n) is 12.3. The predicted molar refractivity (Wildman–Crippen MR) is 77.3 cm³/mol. The third kappa shape index (κ3) is 3.22. The lowest BCUT2D eigenvalue weighted by Crippen LogP contribution is -2.50. The zero-order chi connectivity index (χ0) is 14.6. The molecule has 0 aromatic rings. The van der Waals surface area contributed by atoms with E-state index in [9.17, 15) is 14.7 Å². The summed E-state index contributed by atoms with van der Waals surface area (Å²) in [6, 6.07) is 0. The molecule has 2 unspecified atom stereocenters. The Labute approximate surface area is 120 Å². The van der Waals surface area contributed by atoms with Crippen molar-refractivity contribution >= 4 is 11.9 Å². The fraction of sp³-hybridized carbons (Fsp3) is 0.750. The molecule has 0 spiro atoms. The largest absolute Gasteiger partial charge is 0.481 e. The molecule has 1 N–H and O–H groups in total. The van der Waals surface area contributed by atoms with Gasteiger partial charge in [0.2, 0.25) is 5.91 Å². The normalized spacial score (nSPS) is 29.6. The molecule has 1 saturated heterocycles. The van der Waals surface area contributed by atoms with Crippen LogP contribution >= 0.6 is 0 Å². The quantitative estimate of drug-likeness (QED) is 0.787. The number of carboxylic acid groups (broad SMARTS) is 1. The molecule has 0 bridgehead atoms.